The number of amides is 9. The van der Waals surface area contributed by atoms with Crippen molar-refractivity contribution in [3.8, 4) is 0 Å². The van der Waals surface area contributed by atoms with Crippen LogP contribution in [0, 0.1) is 16.7 Å². The Kier molecular flexibility index (Phi) is 19.2. The molecule has 1 spiro atoms. The Morgan fingerprint density at radius 2 is 1.45 bits per heavy atom. The number of carbonyl (C=O) groups is 10. The normalized spacial score (nSPS) is 20.3. The summed E-state index contributed by atoms with van der Waals surface area (Å²) in [6.45, 7) is 8.23. The van der Waals surface area contributed by atoms with Crippen molar-refractivity contribution in [1.29, 1.82) is 0 Å². The molecule has 71 heavy (non-hydrogen) atoms. The van der Waals surface area contributed by atoms with Crippen molar-refractivity contribution in [2.75, 3.05) is 65.3 Å². The first kappa shape index (κ1) is 56.5. The van der Waals surface area contributed by atoms with Gasteiger partial charge >= 0.3 is 24.2 Å². The first-order valence-electron chi connectivity index (χ1n) is 23.2. The van der Waals surface area contributed by atoms with Crippen LogP contribution in [0.2, 0.25) is 0 Å². The van der Waals surface area contributed by atoms with Gasteiger partial charge in [0.25, 0.3) is 0 Å². The molecule has 1 aromatic carbocycles. The maximum absolute atomic E-state index is 13.6. The SMILES string of the molecule is CC(=O)OCC1(C)C=C2C(=O)C(C)(O)C3(CC3)C(C)=C2C1OC(=O)N(C)CCN(C)C(=O)OCc1ccc(NC(=O)[C@H](CCCNC(N)=O)NC(=O)[C@@H](NC(=O)CNC(=O)CNC(=O)CN)C(C)C)cc1. The zero-order chi connectivity index (χ0) is 53.0. The zero-order valence-electron chi connectivity index (χ0n) is 41.5. The Morgan fingerprint density at radius 1 is 0.845 bits per heavy atom. The van der Waals surface area contributed by atoms with E-state index in [-0.39, 0.29) is 57.8 Å². The lowest BCUT2D eigenvalue weighted by atomic mass is 9.67. The molecule has 3 unspecified atom stereocenters. The molecule has 0 aromatic heterocycles. The number of aliphatic hydroxyl groups is 1. The standard InChI is InChI=1S/C47H68N10O14/c1-26(2)37(55-35(61)23-52-34(60)22-51-33(59)21-48)41(64)54-32(10-9-17-50-42(49)65)40(63)53-30-13-11-29(12-14-30)24-69-43(66)56(7)18-19-57(8)44(67)71-39-36-27(3)47(15-16-47)46(6,68)38(62)31(36)20-45(39,5)25-70-28(4)58/h11-14,20,26,32,37,39,68H,9-10,15-19,21-25,48H2,1-8H3,(H,51,59)(H,52,60)(H,53,63)(H,54,64)(H,55,61)(H3,49,50,65)/t32-,37-,39?,45?,46?/m0/s1. The summed E-state index contributed by atoms with van der Waals surface area (Å²) in [5.74, 6) is -4.73. The van der Waals surface area contributed by atoms with Gasteiger partial charge in [-0.05, 0) is 70.1 Å². The number of Topliss-reactive ketones (excluding diaryl/α,β-unsaturated/α-hetero) is 1. The Hall–Kier alpha value is -7.08. The molecule has 0 bridgehead atoms. The minimum Gasteiger partial charge on any atom is -0.465 e. The number of anilines is 1. The summed E-state index contributed by atoms with van der Waals surface area (Å²) in [6, 6.07) is 3.28. The monoisotopic (exact) mass is 996 g/mol. The van der Waals surface area contributed by atoms with Gasteiger partial charge in [-0.1, -0.05) is 37.6 Å². The van der Waals surface area contributed by atoms with E-state index in [1.807, 2.05) is 6.92 Å². The molecule has 0 aliphatic heterocycles. The fourth-order valence-electron chi connectivity index (χ4n) is 8.34. The molecule has 3 aliphatic carbocycles. The van der Waals surface area contributed by atoms with Crippen LogP contribution >= 0.6 is 0 Å². The van der Waals surface area contributed by atoms with Gasteiger partial charge < -0.3 is 72.5 Å². The third kappa shape index (κ3) is 14.5. The number of urea groups is 1. The van der Waals surface area contributed by atoms with Crippen LogP contribution in [0.25, 0.3) is 0 Å². The first-order valence-corrected chi connectivity index (χ1v) is 23.2. The van der Waals surface area contributed by atoms with Crippen molar-refractivity contribution in [2.45, 2.75) is 97.6 Å². The van der Waals surface area contributed by atoms with Crippen molar-refractivity contribution in [2.24, 2.45) is 28.2 Å². The predicted octanol–water partition coefficient (Wildman–Crippen LogP) is -0.164. The van der Waals surface area contributed by atoms with Gasteiger partial charge in [-0.25, -0.2) is 14.4 Å². The van der Waals surface area contributed by atoms with Crippen LogP contribution in [-0.4, -0.2) is 158 Å². The number of nitrogens with one attached hydrogen (secondary N) is 6. The molecule has 1 aromatic rings. The van der Waals surface area contributed by atoms with Crippen LogP contribution in [0.5, 0.6) is 0 Å². The number of primary amides is 1. The Morgan fingerprint density at radius 3 is 2.03 bits per heavy atom. The number of benzene rings is 1. The van der Waals surface area contributed by atoms with Gasteiger partial charge in [-0.15, -0.1) is 0 Å². The number of carbonyl (C=O) groups excluding carboxylic acids is 10. The van der Waals surface area contributed by atoms with Crippen LogP contribution in [0.4, 0.5) is 20.1 Å². The van der Waals surface area contributed by atoms with Crippen LogP contribution in [0.15, 0.2) is 47.1 Å². The van der Waals surface area contributed by atoms with Crippen LogP contribution in [0.3, 0.4) is 0 Å². The molecule has 3 aliphatic rings. The molecule has 5 atom stereocenters. The number of nitrogens with two attached hydrogens (primary N) is 2. The van der Waals surface area contributed by atoms with Crippen LogP contribution in [0.1, 0.15) is 72.8 Å². The van der Waals surface area contributed by atoms with E-state index >= 15 is 0 Å². The lowest BCUT2D eigenvalue weighted by Crippen LogP contribution is -2.56. The number of rotatable bonds is 23. The number of esters is 1. The Labute approximate surface area is 411 Å². The number of nitrogens with zero attached hydrogens (tertiary/aromatic N) is 2. The summed E-state index contributed by atoms with van der Waals surface area (Å²) >= 11 is 0. The fourth-order valence-corrected chi connectivity index (χ4v) is 8.34. The Balaban J connectivity index is 1.30. The van der Waals surface area contributed by atoms with Gasteiger partial charge in [0, 0.05) is 62.9 Å². The second-order valence-corrected chi connectivity index (χ2v) is 18.8. The van der Waals surface area contributed by atoms with Gasteiger partial charge in [0.05, 0.1) is 25.0 Å². The highest BCUT2D eigenvalue weighted by Gasteiger charge is 2.67. The summed E-state index contributed by atoms with van der Waals surface area (Å²) in [5.41, 5.74) is 9.20. The van der Waals surface area contributed by atoms with Crippen molar-refractivity contribution in [1.82, 2.24) is 36.4 Å². The minimum atomic E-state index is -1.64. The second kappa shape index (κ2) is 24.2. The van der Waals surface area contributed by atoms with E-state index in [0.717, 1.165) is 5.57 Å². The third-order valence-corrected chi connectivity index (χ3v) is 12.8. The van der Waals surface area contributed by atoms with E-state index in [1.165, 1.54) is 37.7 Å². The van der Waals surface area contributed by atoms with E-state index < -0.39 is 113 Å². The van der Waals surface area contributed by atoms with Crippen LogP contribution < -0.4 is 43.4 Å². The molecule has 390 valence electrons. The molecule has 1 saturated carbocycles. The fraction of sp³-hybridized carbons (Fsp3) is 0.574. The lowest BCUT2D eigenvalue weighted by molar-refractivity contribution is -0.145. The molecule has 0 radical (unpaired) electrons. The summed E-state index contributed by atoms with van der Waals surface area (Å²) < 4.78 is 16.9. The first-order chi connectivity index (χ1) is 33.3. The van der Waals surface area contributed by atoms with Gasteiger partial charge in [-0.3, -0.25) is 33.6 Å². The van der Waals surface area contributed by atoms with Gasteiger partial charge in [0.2, 0.25) is 29.5 Å². The summed E-state index contributed by atoms with van der Waals surface area (Å²) in [7, 11) is 2.97. The zero-order valence-corrected chi connectivity index (χ0v) is 41.5. The molecule has 0 heterocycles. The molecular weight excluding hydrogens is 929 g/mol. The molecule has 24 heteroatoms. The summed E-state index contributed by atoms with van der Waals surface area (Å²) in [5, 5.41) is 26.3. The number of hydrogen-bond donors (Lipinski definition) is 9. The Bertz CT molecular complexity index is 2290. The average molecular weight is 997 g/mol. The van der Waals surface area contributed by atoms with E-state index in [2.05, 4.69) is 31.9 Å². The van der Waals surface area contributed by atoms with E-state index in [1.54, 1.807) is 51.1 Å². The topological polar surface area (TPSA) is 349 Å². The maximum Gasteiger partial charge on any atom is 0.410 e. The number of ether oxygens (including phenoxy) is 3. The molecular formula is C47H68N10O14. The van der Waals surface area contributed by atoms with Gasteiger partial charge in [0.15, 0.2) is 5.78 Å². The number of hydrogen-bond acceptors (Lipinski definition) is 15. The minimum absolute atomic E-state index is 0.0246. The van der Waals surface area contributed by atoms with Crippen molar-refractivity contribution >= 4 is 65.2 Å². The van der Waals surface area contributed by atoms with Gasteiger partial charge in [0.1, 0.15) is 37.0 Å². The molecule has 4 rings (SSSR count). The van der Waals surface area contributed by atoms with Crippen molar-refractivity contribution < 1.29 is 67.3 Å². The van der Waals surface area contributed by atoms with E-state index in [4.69, 9.17) is 25.7 Å². The van der Waals surface area contributed by atoms with E-state index in [0.29, 0.717) is 29.7 Å². The highest BCUT2D eigenvalue weighted by atomic mass is 16.6. The predicted molar refractivity (Wildman–Crippen MR) is 254 cm³/mol. The van der Waals surface area contributed by atoms with Gasteiger partial charge in [-0.2, -0.15) is 0 Å². The lowest BCUT2D eigenvalue weighted by Gasteiger charge is -2.40. The number of likely N-dealkylation sites (N-methyl/N-ethyl adjacent to an activating group) is 2. The highest BCUT2D eigenvalue weighted by molar-refractivity contribution is 6.09. The largest absolute Gasteiger partial charge is 0.465 e. The summed E-state index contributed by atoms with van der Waals surface area (Å²) in [4.78, 5) is 129. The molecule has 1 fully saturated rings. The molecule has 9 amide bonds. The number of ketones is 1. The maximum atomic E-state index is 13.6. The average Bonchev–Trinajstić information content (AvgIpc) is 4.09. The smallest absolute Gasteiger partial charge is 0.410 e. The van der Waals surface area contributed by atoms with Crippen LogP contribution in [-0.2, 0) is 54.4 Å². The molecule has 0 saturated heterocycles. The highest BCUT2D eigenvalue weighted by Crippen LogP contribution is 2.65. The summed E-state index contributed by atoms with van der Waals surface area (Å²) in [6.07, 6.45) is 0.619. The van der Waals surface area contributed by atoms with Crippen molar-refractivity contribution in [3.05, 3.63) is 52.6 Å². The van der Waals surface area contributed by atoms with Crippen molar-refractivity contribution in [3.63, 3.8) is 0 Å². The molecule has 24 nitrogen and oxygen atoms in total. The quantitative estimate of drug-likeness (QED) is 0.0391. The second-order valence-electron chi connectivity index (χ2n) is 18.8. The number of fused-ring (bicyclic) bond motifs is 1. The third-order valence-electron chi connectivity index (χ3n) is 12.8. The van der Waals surface area contributed by atoms with E-state index in [9.17, 15) is 53.1 Å². The molecule has 11 N–H and O–H groups in total.